The number of aromatic amines is 1. The number of nitrogens with one attached hydrogen (secondary N) is 3. The molecule has 1 saturated carbocycles. The number of amides is 1. The molecule has 3 heterocycles. The van der Waals surface area contributed by atoms with Crippen LogP contribution in [0.1, 0.15) is 61.5 Å². The summed E-state index contributed by atoms with van der Waals surface area (Å²) in [6.07, 6.45) is 4.16. The molecule has 3 N–H and O–H groups in total. The molecular weight excluding hydrogens is 429 g/mol. The minimum atomic E-state index is -0.556. The van der Waals surface area contributed by atoms with Crippen LogP contribution in [-0.4, -0.2) is 39.6 Å². The number of carbonyl (C=O) groups excluding carboxylic acids is 1. The smallest absolute Gasteiger partial charge is 0.330 e. The molecule has 0 spiro atoms. The molecule has 2 aliphatic rings. The first-order chi connectivity index (χ1) is 13.4. The summed E-state index contributed by atoms with van der Waals surface area (Å²) in [5.41, 5.74) is 0.381. The Kier molecular flexibility index (Phi) is 8.07. The number of nitrogens with zero attached hydrogens (tertiary/aromatic N) is 2. The van der Waals surface area contributed by atoms with Crippen molar-refractivity contribution < 1.29 is 4.79 Å². The lowest BCUT2D eigenvalue weighted by atomic mass is 10.1. The molecule has 0 radical (unpaired) electrons. The summed E-state index contributed by atoms with van der Waals surface area (Å²) in [6.45, 7) is 5.91. The van der Waals surface area contributed by atoms with Crippen molar-refractivity contribution in [2.45, 2.75) is 58.0 Å². The Labute approximate surface area is 187 Å². The Morgan fingerprint density at radius 3 is 2.60 bits per heavy atom. The second kappa shape index (κ2) is 9.94. The third-order valence-corrected chi connectivity index (χ3v) is 5.43. The van der Waals surface area contributed by atoms with Crippen molar-refractivity contribution in [3.05, 3.63) is 38.2 Å². The number of pyridine rings is 1. The van der Waals surface area contributed by atoms with E-state index in [0.717, 1.165) is 37.9 Å². The van der Waals surface area contributed by atoms with Gasteiger partial charge in [-0.1, -0.05) is 13.8 Å². The highest BCUT2D eigenvalue weighted by Crippen LogP contribution is 2.39. The molecule has 30 heavy (non-hydrogen) atoms. The lowest BCUT2D eigenvalue weighted by molar-refractivity contribution is 0.0951. The zero-order valence-electron chi connectivity index (χ0n) is 17.2. The molecular formula is C20H29Cl2N5O3. The number of hydrogen-bond acceptors (Lipinski definition) is 5. The fraction of sp³-hybridized carbons (Fsp3) is 0.600. The number of hydrogen-bond donors (Lipinski definition) is 3. The van der Waals surface area contributed by atoms with E-state index in [2.05, 4.69) is 20.6 Å². The highest BCUT2D eigenvalue weighted by molar-refractivity contribution is 6.05. The maximum absolute atomic E-state index is 13.0. The fourth-order valence-electron chi connectivity index (χ4n) is 3.84. The van der Waals surface area contributed by atoms with Crippen molar-refractivity contribution in [2.75, 3.05) is 13.1 Å². The van der Waals surface area contributed by atoms with Crippen LogP contribution in [0.25, 0.3) is 11.0 Å². The van der Waals surface area contributed by atoms with Gasteiger partial charge in [-0.15, -0.1) is 24.8 Å². The van der Waals surface area contributed by atoms with Gasteiger partial charge in [0.25, 0.3) is 11.5 Å². The highest BCUT2D eigenvalue weighted by Gasteiger charge is 2.29. The van der Waals surface area contributed by atoms with Crippen LogP contribution in [0.2, 0.25) is 0 Å². The Bertz CT molecular complexity index is 1020. The van der Waals surface area contributed by atoms with Gasteiger partial charge >= 0.3 is 5.69 Å². The number of carbonyl (C=O) groups is 1. The van der Waals surface area contributed by atoms with Crippen molar-refractivity contribution in [3.63, 3.8) is 0 Å². The molecule has 166 valence electrons. The molecule has 0 aromatic carbocycles. The fourth-order valence-corrected chi connectivity index (χ4v) is 3.84. The van der Waals surface area contributed by atoms with Gasteiger partial charge in [0, 0.05) is 30.7 Å². The van der Waals surface area contributed by atoms with E-state index >= 15 is 0 Å². The van der Waals surface area contributed by atoms with Gasteiger partial charge < -0.3 is 10.6 Å². The van der Waals surface area contributed by atoms with Crippen molar-refractivity contribution in [2.24, 2.45) is 5.92 Å². The number of fused-ring (bicyclic) bond motifs is 1. The summed E-state index contributed by atoms with van der Waals surface area (Å²) in [7, 11) is 0. The standard InChI is InChI=1S/C20H27N5O3.2ClH/c1-11(2)10-25-17-16(19(27)24-20(25)28)14(8-15(23-17)12-5-6-12)18(26)22-9-13-4-3-7-21-13;;/h8,11-13,21H,3-7,9-10H2,1-2H3,(H,22,26)(H,24,27,28);2*1H. The van der Waals surface area contributed by atoms with E-state index in [1.807, 2.05) is 13.8 Å². The van der Waals surface area contributed by atoms with Gasteiger partial charge in [0.05, 0.1) is 10.9 Å². The topological polar surface area (TPSA) is 109 Å². The average molecular weight is 458 g/mol. The summed E-state index contributed by atoms with van der Waals surface area (Å²) in [5.74, 6) is 0.210. The lowest BCUT2D eigenvalue weighted by Crippen LogP contribution is -2.38. The molecule has 1 unspecified atom stereocenters. The van der Waals surface area contributed by atoms with Gasteiger partial charge in [-0.05, 0) is 44.2 Å². The van der Waals surface area contributed by atoms with Gasteiger partial charge in [0.15, 0.2) is 5.65 Å². The van der Waals surface area contributed by atoms with Crippen LogP contribution in [0, 0.1) is 5.92 Å². The van der Waals surface area contributed by atoms with E-state index in [1.54, 1.807) is 6.07 Å². The molecule has 2 aromatic rings. The third-order valence-electron chi connectivity index (χ3n) is 5.43. The normalized spacial score (nSPS) is 18.2. The monoisotopic (exact) mass is 457 g/mol. The Balaban J connectivity index is 0.00000160. The second-order valence-corrected chi connectivity index (χ2v) is 8.33. The minimum absolute atomic E-state index is 0. The quantitative estimate of drug-likeness (QED) is 0.613. The Hall–Kier alpha value is -1.90. The molecule has 8 nitrogen and oxygen atoms in total. The molecule has 1 atom stereocenters. The summed E-state index contributed by atoms with van der Waals surface area (Å²) >= 11 is 0. The maximum atomic E-state index is 13.0. The molecule has 2 fully saturated rings. The SMILES string of the molecule is CC(C)Cn1c(=O)[nH]c(=O)c2c(C(=O)NCC3CCCN3)cc(C3CC3)nc21.Cl.Cl. The van der Waals surface area contributed by atoms with E-state index in [4.69, 9.17) is 0 Å². The summed E-state index contributed by atoms with van der Waals surface area (Å²) in [5, 5.41) is 6.50. The van der Waals surface area contributed by atoms with E-state index in [9.17, 15) is 14.4 Å². The maximum Gasteiger partial charge on any atom is 0.330 e. The molecule has 0 bridgehead atoms. The Morgan fingerprint density at radius 2 is 2.00 bits per heavy atom. The number of H-pyrrole nitrogens is 1. The number of aromatic nitrogens is 3. The van der Waals surface area contributed by atoms with Crippen LogP contribution in [0.4, 0.5) is 0 Å². The third kappa shape index (κ3) is 5.04. The summed E-state index contributed by atoms with van der Waals surface area (Å²) < 4.78 is 1.49. The van der Waals surface area contributed by atoms with Crippen molar-refractivity contribution in [1.82, 2.24) is 25.2 Å². The largest absolute Gasteiger partial charge is 0.350 e. The van der Waals surface area contributed by atoms with Crippen LogP contribution in [-0.2, 0) is 6.54 Å². The van der Waals surface area contributed by atoms with Crippen LogP contribution in [0.3, 0.4) is 0 Å². The van der Waals surface area contributed by atoms with Crippen LogP contribution < -0.4 is 21.9 Å². The zero-order valence-corrected chi connectivity index (χ0v) is 18.8. The minimum Gasteiger partial charge on any atom is -0.350 e. The van der Waals surface area contributed by atoms with Gasteiger partial charge in [0.1, 0.15) is 0 Å². The molecule has 1 amide bonds. The average Bonchev–Trinajstić information content (AvgIpc) is 3.38. The van der Waals surface area contributed by atoms with Gasteiger partial charge in [-0.3, -0.25) is 19.1 Å². The zero-order chi connectivity index (χ0) is 19.8. The second-order valence-electron chi connectivity index (χ2n) is 8.33. The first kappa shape index (κ1) is 24.4. The van der Waals surface area contributed by atoms with Crippen molar-refractivity contribution in [3.8, 4) is 0 Å². The van der Waals surface area contributed by atoms with E-state index in [-0.39, 0.29) is 48.1 Å². The van der Waals surface area contributed by atoms with E-state index < -0.39 is 11.2 Å². The van der Waals surface area contributed by atoms with Crippen LogP contribution >= 0.6 is 24.8 Å². The lowest BCUT2D eigenvalue weighted by Gasteiger charge is -2.16. The molecule has 10 heteroatoms. The van der Waals surface area contributed by atoms with Crippen molar-refractivity contribution in [1.29, 1.82) is 0 Å². The predicted octanol–water partition coefficient (Wildman–Crippen LogP) is 1.94. The van der Waals surface area contributed by atoms with Crippen molar-refractivity contribution >= 4 is 41.8 Å². The first-order valence-corrected chi connectivity index (χ1v) is 10.1. The van der Waals surface area contributed by atoms with Crippen LogP contribution in [0.5, 0.6) is 0 Å². The summed E-state index contributed by atoms with van der Waals surface area (Å²) in [4.78, 5) is 45.0. The molecule has 1 saturated heterocycles. The molecule has 1 aliphatic carbocycles. The Morgan fingerprint density at radius 1 is 1.27 bits per heavy atom. The highest BCUT2D eigenvalue weighted by atomic mass is 35.5. The predicted molar refractivity (Wildman–Crippen MR) is 121 cm³/mol. The van der Waals surface area contributed by atoms with E-state index in [0.29, 0.717) is 30.2 Å². The summed E-state index contributed by atoms with van der Waals surface area (Å²) in [6, 6.07) is 1.99. The molecule has 2 aromatic heterocycles. The molecule has 4 rings (SSSR count). The van der Waals surface area contributed by atoms with Gasteiger partial charge in [-0.25, -0.2) is 9.78 Å². The van der Waals surface area contributed by atoms with Gasteiger partial charge in [0.2, 0.25) is 0 Å². The number of rotatable bonds is 6. The van der Waals surface area contributed by atoms with Crippen LogP contribution in [0.15, 0.2) is 15.7 Å². The first-order valence-electron chi connectivity index (χ1n) is 10.1. The van der Waals surface area contributed by atoms with Gasteiger partial charge in [-0.2, -0.15) is 0 Å². The number of halogens is 2. The molecule has 1 aliphatic heterocycles. The van der Waals surface area contributed by atoms with E-state index in [1.165, 1.54) is 4.57 Å².